The van der Waals surface area contributed by atoms with Gasteiger partial charge in [-0.1, -0.05) is 52.7 Å². The number of amides is 1. The van der Waals surface area contributed by atoms with Gasteiger partial charge in [0, 0.05) is 17.7 Å². The molecule has 1 saturated heterocycles. The number of unbranched alkanes of at least 4 members (excludes halogenated alkanes) is 2. The molecule has 2 aromatic carbocycles. The Labute approximate surface area is 195 Å². The molecule has 1 aliphatic heterocycles. The molecule has 1 amide bonds. The van der Waals surface area contributed by atoms with Crippen molar-refractivity contribution in [2.24, 2.45) is 0 Å². The minimum Gasteiger partial charge on any atom is -0.508 e. The van der Waals surface area contributed by atoms with Gasteiger partial charge in [0.2, 0.25) is 0 Å². The first-order valence-electron chi connectivity index (χ1n) is 11.4. The molecule has 0 bridgehead atoms. The summed E-state index contributed by atoms with van der Waals surface area (Å²) in [6.07, 6.45) is 2.67. The molecule has 2 aromatic rings. The third kappa shape index (κ3) is 4.90. The van der Waals surface area contributed by atoms with Crippen molar-refractivity contribution in [2.75, 3.05) is 13.7 Å². The molecule has 1 aliphatic rings. The number of phenols is 1. The predicted molar refractivity (Wildman–Crippen MR) is 128 cm³/mol. The van der Waals surface area contributed by atoms with Crippen LogP contribution in [0, 0.1) is 0 Å². The molecular weight excluding hydrogens is 418 g/mol. The summed E-state index contributed by atoms with van der Waals surface area (Å²) in [6, 6.07) is 11.0. The van der Waals surface area contributed by atoms with Crippen LogP contribution in [-0.2, 0) is 15.0 Å². The van der Waals surface area contributed by atoms with Gasteiger partial charge in [-0.2, -0.15) is 0 Å². The SMILES string of the molecule is CCCCCN1C(=O)C(=O)/C(=C(\O)c2ccc(OC)c(C(C)(C)C)c2)C1c1ccc(O)cc1. The molecule has 3 rings (SSSR count). The topological polar surface area (TPSA) is 87.1 Å². The zero-order valence-corrected chi connectivity index (χ0v) is 20.0. The van der Waals surface area contributed by atoms with Crippen LogP contribution in [0.1, 0.15) is 69.7 Å². The number of hydrogen-bond acceptors (Lipinski definition) is 5. The van der Waals surface area contributed by atoms with Crippen molar-refractivity contribution < 1.29 is 24.5 Å². The van der Waals surface area contributed by atoms with E-state index in [1.165, 1.54) is 17.0 Å². The fourth-order valence-electron chi connectivity index (χ4n) is 4.24. The van der Waals surface area contributed by atoms with Gasteiger partial charge in [0.15, 0.2) is 0 Å². The maximum absolute atomic E-state index is 13.1. The molecule has 0 saturated carbocycles. The number of carbonyl (C=O) groups excluding carboxylic acids is 2. The summed E-state index contributed by atoms with van der Waals surface area (Å²) >= 11 is 0. The monoisotopic (exact) mass is 451 g/mol. The molecule has 0 spiro atoms. The van der Waals surface area contributed by atoms with Crippen LogP contribution in [0.15, 0.2) is 48.0 Å². The highest BCUT2D eigenvalue weighted by atomic mass is 16.5. The van der Waals surface area contributed by atoms with Gasteiger partial charge < -0.3 is 19.8 Å². The number of nitrogens with zero attached hydrogens (tertiary/aromatic N) is 1. The zero-order valence-electron chi connectivity index (χ0n) is 20.0. The molecule has 0 aliphatic carbocycles. The van der Waals surface area contributed by atoms with E-state index in [-0.39, 0.29) is 22.5 Å². The number of likely N-dealkylation sites (tertiary alicyclic amines) is 1. The van der Waals surface area contributed by atoms with E-state index in [4.69, 9.17) is 4.74 Å². The number of carbonyl (C=O) groups is 2. The second kappa shape index (κ2) is 9.69. The fourth-order valence-corrected chi connectivity index (χ4v) is 4.24. The second-order valence-electron chi connectivity index (χ2n) is 9.46. The van der Waals surface area contributed by atoms with E-state index in [1.807, 2.05) is 26.8 Å². The number of methoxy groups -OCH3 is 1. The molecule has 0 radical (unpaired) electrons. The molecule has 33 heavy (non-hydrogen) atoms. The van der Waals surface area contributed by atoms with Crippen LogP contribution in [0.5, 0.6) is 11.5 Å². The lowest BCUT2D eigenvalue weighted by atomic mass is 9.84. The van der Waals surface area contributed by atoms with Crippen LogP contribution in [0.4, 0.5) is 0 Å². The van der Waals surface area contributed by atoms with Gasteiger partial charge >= 0.3 is 0 Å². The summed E-state index contributed by atoms with van der Waals surface area (Å²) < 4.78 is 5.49. The highest BCUT2D eigenvalue weighted by Crippen LogP contribution is 2.41. The number of aliphatic hydroxyl groups excluding tert-OH is 1. The van der Waals surface area contributed by atoms with Gasteiger partial charge in [-0.05, 0) is 47.7 Å². The number of phenolic OH excluding ortho intramolecular Hbond substituents is 1. The van der Waals surface area contributed by atoms with Crippen molar-refractivity contribution in [3.8, 4) is 11.5 Å². The molecule has 1 fully saturated rings. The summed E-state index contributed by atoms with van der Waals surface area (Å²) in [7, 11) is 1.59. The van der Waals surface area contributed by atoms with Crippen molar-refractivity contribution in [3.63, 3.8) is 0 Å². The first-order valence-corrected chi connectivity index (χ1v) is 11.4. The molecule has 6 nitrogen and oxygen atoms in total. The molecular formula is C27H33NO5. The Hall–Kier alpha value is -3.28. The van der Waals surface area contributed by atoms with Gasteiger partial charge in [-0.25, -0.2) is 0 Å². The number of aromatic hydroxyl groups is 1. The van der Waals surface area contributed by atoms with Gasteiger partial charge in [0.25, 0.3) is 11.7 Å². The van der Waals surface area contributed by atoms with E-state index in [2.05, 4.69) is 6.92 Å². The molecule has 2 N–H and O–H groups in total. The summed E-state index contributed by atoms with van der Waals surface area (Å²) in [5.41, 5.74) is 1.80. The summed E-state index contributed by atoms with van der Waals surface area (Å²) in [5, 5.41) is 21.1. The average Bonchev–Trinajstić information content (AvgIpc) is 3.03. The third-order valence-corrected chi connectivity index (χ3v) is 6.03. The first kappa shape index (κ1) is 24.4. The standard InChI is InChI=1S/C27H33NO5/c1-6-7-8-15-28-23(17-9-12-19(29)13-10-17)22(25(31)26(28)32)24(30)18-11-14-21(33-5)20(16-18)27(2,3)4/h9-14,16,23,29-30H,6-8,15H2,1-5H3/b24-22-. The van der Waals surface area contributed by atoms with Crippen molar-refractivity contribution >= 4 is 17.4 Å². The van der Waals surface area contributed by atoms with Gasteiger partial charge in [-0.15, -0.1) is 0 Å². The number of ether oxygens (including phenoxy) is 1. The van der Waals surface area contributed by atoms with E-state index >= 15 is 0 Å². The van der Waals surface area contributed by atoms with E-state index in [0.717, 1.165) is 24.8 Å². The number of benzene rings is 2. The fraction of sp³-hybridized carbons (Fsp3) is 0.407. The minimum absolute atomic E-state index is 0.0622. The highest BCUT2D eigenvalue weighted by molar-refractivity contribution is 6.46. The number of ketones is 1. The smallest absolute Gasteiger partial charge is 0.295 e. The summed E-state index contributed by atoms with van der Waals surface area (Å²) in [6.45, 7) is 8.60. The molecule has 176 valence electrons. The first-order chi connectivity index (χ1) is 15.6. The maximum atomic E-state index is 13.1. The Morgan fingerprint density at radius 2 is 1.73 bits per heavy atom. The van der Waals surface area contributed by atoms with E-state index in [9.17, 15) is 19.8 Å². The Morgan fingerprint density at radius 1 is 1.06 bits per heavy atom. The second-order valence-corrected chi connectivity index (χ2v) is 9.46. The van der Waals surface area contributed by atoms with Gasteiger partial charge in [0.1, 0.15) is 17.3 Å². The van der Waals surface area contributed by atoms with E-state index < -0.39 is 17.7 Å². The van der Waals surface area contributed by atoms with Crippen LogP contribution in [0.25, 0.3) is 5.76 Å². The van der Waals surface area contributed by atoms with Crippen molar-refractivity contribution in [1.82, 2.24) is 4.90 Å². The minimum atomic E-state index is -0.720. The largest absolute Gasteiger partial charge is 0.508 e. The average molecular weight is 452 g/mol. The van der Waals surface area contributed by atoms with Crippen LogP contribution in [-0.4, -0.2) is 40.5 Å². The lowest BCUT2D eigenvalue weighted by Crippen LogP contribution is -2.30. The van der Waals surface area contributed by atoms with E-state index in [1.54, 1.807) is 31.4 Å². The van der Waals surface area contributed by atoms with Gasteiger partial charge in [0.05, 0.1) is 18.7 Å². The molecule has 0 aromatic heterocycles. The van der Waals surface area contributed by atoms with Gasteiger partial charge in [-0.3, -0.25) is 9.59 Å². The lowest BCUT2D eigenvalue weighted by Gasteiger charge is -2.26. The van der Waals surface area contributed by atoms with Crippen molar-refractivity contribution in [1.29, 1.82) is 0 Å². The number of Topliss-reactive ketones (excluding diaryl/α,β-unsaturated/α-hetero) is 1. The highest BCUT2D eigenvalue weighted by Gasteiger charge is 2.45. The van der Waals surface area contributed by atoms with Crippen LogP contribution in [0.2, 0.25) is 0 Å². The van der Waals surface area contributed by atoms with Crippen molar-refractivity contribution in [2.45, 2.75) is 58.4 Å². The number of aliphatic hydroxyl groups is 1. The normalized spacial score (nSPS) is 18.1. The maximum Gasteiger partial charge on any atom is 0.295 e. The molecule has 6 heteroatoms. The van der Waals surface area contributed by atoms with Crippen LogP contribution < -0.4 is 4.74 Å². The Morgan fingerprint density at radius 3 is 2.30 bits per heavy atom. The Balaban J connectivity index is 2.17. The van der Waals surface area contributed by atoms with E-state index in [0.29, 0.717) is 23.4 Å². The van der Waals surface area contributed by atoms with Crippen molar-refractivity contribution in [3.05, 3.63) is 64.7 Å². The van der Waals surface area contributed by atoms with Crippen LogP contribution >= 0.6 is 0 Å². The Kier molecular flexibility index (Phi) is 7.15. The predicted octanol–water partition coefficient (Wildman–Crippen LogP) is 5.31. The third-order valence-electron chi connectivity index (χ3n) is 6.03. The zero-order chi connectivity index (χ0) is 24.3. The quantitative estimate of drug-likeness (QED) is 0.258. The Bertz CT molecular complexity index is 1060. The summed E-state index contributed by atoms with van der Waals surface area (Å²) in [4.78, 5) is 27.7. The number of hydrogen-bond donors (Lipinski definition) is 2. The number of rotatable bonds is 7. The van der Waals surface area contributed by atoms with Crippen LogP contribution in [0.3, 0.4) is 0 Å². The molecule has 1 atom stereocenters. The molecule has 1 heterocycles. The molecule has 1 unspecified atom stereocenters. The lowest BCUT2D eigenvalue weighted by molar-refractivity contribution is -0.139. The summed E-state index contributed by atoms with van der Waals surface area (Å²) in [5.74, 6) is -0.746.